The molecular formula is C9H8F3NS. The molecule has 0 heterocycles. The Labute approximate surface area is 84.3 Å². The molecule has 1 unspecified atom stereocenters. The summed E-state index contributed by atoms with van der Waals surface area (Å²) >= 11 is 1.34. The van der Waals surface area contributed by atoms with E-state index in [4.69, 9.17) is 5.26 Å². The fourth-order valence-corrected chi connectivity index (χ4v) is 1.74. The molecule has 76 valence electrons. The van der Waals surface area contributed by atoms with E-state index in [1.807, 2.05) is 0 Å². The van der Waals surface area contributed by atoms with E-state index in [2.05, 4.69) is 0 Å². The summed E-state index contributed by atoms with van der Waals surface area (Å²) in [5, 5.41) is 8.58. The first-order chi connectivity index (χ1) is 6.49. The van der Waals surface area contributed by atoms with Gasteiger partial charge in [0.2, 0.25) is 0 Å². The number of hydrogen-bond acceptors (Lipinski definition) is 2. The second-order valence-corrected chi connectivity index (χ2v) is 3.73. The van der Waals surface area contributed by atoms with E-state index in [-0.39, 0.29) is 12.0 Å². The maximum absolute atomic E-state index is 12.4. The first-order valence-electron chi connectivity index (χ1n) is 3.91. The molecule has 1 nitrogen and oxygen atoms in total. The van der Waals surface area contributed by atoms with Crippen LogP contribution in [0.15, 0.2) is 22.6 Å². The number of rotatable bonds is 1. The Balaban J connectivity index is 2.94. The highest BCUT2D eigenvalue weighted by Gasteiger charge is 2.42. The van der Waals surface area contributed by atoms with Crippen molar-refractivity contribution >= 4 is 11.8 Å². The van der Waals surface area contributed by atoms with Gasteiger partial charge in [0.25, 0.3) is 0 Å². The van der Waals surface area contributed by atoms with Crippen molar-refractivity contribution in [1.82, 2.24) is 0 Å². The van der Waals surface area contributed by atoms with E-state index in [0.717, 1.165) is 4.91 Å². The Hall–Kier alpha value is -0.890. The monoisotopic (exact) mass is 219 g/mol. The van der Waals surface area contributed by atoms with Crippen LogP contribution in [0.4, 0.5) is 13.2 Å². The number of nitriles is 1. The molecule has 5 heteroatoms. The molecule has 1 aliphatic rings. The van der Waals surface area contributed by atoms with Crippen LogP contribution in [0, 0.1) is 17.2 Å². The quantitative estimate of drug-likeness (QED) is 0.675. The van der Waals surface area contributed by atoms with Crippen LogP contribution in [-0.4, -0.2) is 12.4 Å². The second kappa shape index (κ2) is 4.09. The van der Waals surface area contributed by atoms with Crippen LogP contribution in [-0.2, 0) is 0 Å². The predicted octanol–water partition coefficient (Wildman–Crippen LogP) is 3.27. The summed E-state index contributed by atoms with van der Waals surface area (Å²) in [5.74, 6) is -1.62. The lowest BCUT2D eigenvalue weighted by Crippen LogP contribution is -2.25. The van der Waals surface area contributed by atoms with Gasteiger partial charge in [0, 0.05) is 10.5 Å². The summed E-state index contributed by atoms with van der Waals surface area (Å²) in [5.41, 5.74) is -0.190. The number of halogens is 3. The third kappa shape index (κ3) is 2.32. The minimum atomic E-state index is -4.32. The summed E-state index contributed by atoms with van der Waals surface area (Å²) in [6.45, 7) is 0. The Kier molecular flexibility index (Phi) is 3.27. The lowest BCUT2D eigenvalue weighted by atomic mass is 9.92. The standard InChI is InChI=1S/C9H8F3NS/c1-14-7-2-3-8(9(10,11)12)6(4-7)5-13/h2,4,8H,3H2,1H3. The zero-order valence-corrected chi connectivity index (χ0v) is 8.25. The number of alkyl halides is 3. The van der Waals surface area contributed by atoms with Crippen molar-refractivity contribution < 1.29 is 13.2 Å². The number of thioether (sulfide) groups is 1. The van der Waals surface area contributed by atoms with Crippen LogP contribution in [0.2, 0.25) is 0 Å². The molecule has 0 aliphatic heterocycles. The van der Waals surface area contributed by atoms with Gasteiger partial charge in [0.15, 0.2) is 0 Å². The minimum Gasteiger partial charge on any atom is -0.193 e. The summed E-state index contributed by atoms with van der Waals surface area (Å²) in [6, 6.07) is 1.61. The van der Waals surface area contributed by atoms with E-state index < -0.39 is 12.1 Å². The van der Waals surface area contributed by atoms with Crippen LogP contribution >= 0.6 is 11.8 Å². The van der Waals surface area contributed by atoms with E-state index >= 15 is 0 Å². The van der Waals surface area contributed by atoms with E-state index in [0.29, 0.717) is 0 Å². The Morgan fingerprint density at radius 3 is 2.64 bits per heavy atom. The van der Waals surface area contributed by atoms with E-state index in [1.54, 1.807) is 12.3 Å². The third-order valence-corrected chi connectivity index (χ3v) is 2.74. The van der Waals surface area contributed by atoms with Gasteiger partial charge >= 0.3 is 6.18 Å². The van der Waals surface area contributed by atoms with Crippen LogP contribution in [0.25, 0.3) is 0 Å². The van der Waals surface area contributed by atoms with Crippen molar-refractivity contribution in [3.8, 4) is 6.07 Å². The Bertz CT molecular complexity index is 322. The molecule has 0 fully saturated rings. The molecule has 0 saturated heterocycles. The van der Waals surface area contributed by atoms with Gasteiger partial charge in [0.1, 0.15) is 0 Å². The highest BCUT2D eigenvalue weighted by atomic mass is 32.2. The SMILES string of the molecule is CSC1=CCC(C(F)(F)F)C(C#N)=C1. The maximum atomic E-state index is 12.4. The van der Waals surface area contributed by atoms with Crippen molar-refractivity contribution in [2.45, 2.75) is 12.6 Å². The fraction of sp³-hybridized carbons (Fsp3) is 0.444. The van der Waals surface area contributed by atoms with Crippen molar-refractivity contribution in [2.75, 3.05) is 6.26 Å². The second-order valence-electron chi connectivity index (χ2n) is 2.85. The molecule has 0 aromatic rings. The van der Waals surface area contributed by atoms with Gasteiger partial charge in [-0.3, -0.25) is 0 Å². The van der Waals surface area contributed by atoms with Gasteiger partial charge in [-0.05, 0) is 18.8 Å². The lowest BCUT2D eigenvalue weighted by Gasteiger charge is -2.21. The summed E-state index contributed by atoms with van der Waals surface area (Å²) < 4.78 is 37.1. The average molecular weight is 219 g/mol. The predicted molar refractivity (Wildman–Crippen MR) is 49.5 cm³/mol. The number of allylic oxidation sites excluding steroid dienone is 3. The summed E-state index contributed by atoms with van der Waals surface area (Å²) in [6.07, 6.45) is 0.155. The van der Waals surface area contributed by atoms with E-state index in [9.17, 15) is 13.2 Å². The first kappa shape index (κ1) is 11.2. The molecule has 0 saturated carbocycles. The largest absolute Gasteiger partial charge is 0.396 e. The number of nitrogens with zero attached hydrogens (tertiary/aromatic N) is 1. The lowest BCUT2D eigenvalue weighted by molar-refractivity contribution is -0.162. The minimum absolute atomic E-state index is 0.126. The smallest absolute Gasteiger partial charge is 0.193 e. The summed E-state index contributed by atoms with van der Waals surface area (Å²) in [4.78, 5) is 0.724. The van der Waals surface area contributed by atoms with Crippen LogP contribution in [0.5, 0.6) is 0 Å². The Morgan fingerprint density at radius 1 is 1.57 bits per heavy atom. The molecular weight excluding hydrogens is 211 g/mol. The van der Waals surface area contributed by atoms with Gasteiger partial charge < -0.3 is 0 Å². The highest BCUT2D eigenvalue weighted by Crippen LogP contribution is 2.39. The molecule has 0 aromatic carbocycles. The topological polar surface area (TPSA) is 23.8 Å². The highest BCUT2D eigenvalue weighted by molar-refractivity contribution is 8.02. The molecule has 0 radical (unpaired) electrons. The molecule has 14 heavy (non-hydrogen) atoms. The van der Waals surface area contributed by atoms with Gasteiger partial charge in [-0.25, -0.2) is 0 Å². The molecule has 1 rings (SSSR count). The van der Waals surface area contributed by atoms with Crippen LogP contribution in [0.3, 0.4) is 0 Å². The van der Waals surface area contributed by atoms with Crippen molar-refractivity contribution in [3.05, 3.63) is 22.6 Å². The zero-order valence-electron chi connectivity index (χ0n) is 7.43. The number of hydrogen-bond donors (Lipinski definition) is 0. The van der Waals surface area contributed by atoms with Crippen molar-refractivity contribution in [1.29, 1.82) is 5.26 Å². The van der Waals surface area contributed by atoms with Gasteiger partial charge in [-0.2, -0.15) is 18.4 Å². The fourth-order valence-electron chi connectivity index (χ4n) is 1.24. The average Bonchev–Trinajstić information content (AvgIpc) is 2.15. The molecule has 0 bridgehead atoms. The van der Waals surface area contributed by atoms with Crippen molar-refractivity contribution in [3.63, 3.8) is 0 Å². The Morgan fingerprint density at radius 2 is 2.21 bits per heavy atom. The van der Waals surface area contributed by atoms with Crippen LogP contribution < -0.4 is 0 Å². The van der Waals surface area contributed by atoms with Crippen LogP contribution in [0.1, 0.15) is 6.42 Å². The summed E-state index contributed by atoms with van der Waals surface area (Å²) in [7, 11) is 0. The molecule has 0 N–H and O–H groups in total. The van der Waals surface area contributed by atoms with Gasteiger partial charge in [0.05, 0.1) is 12.0 Å². The molecule has 0 aromatic heterocycles. The molecule has 0 spiro atoms. The molecule has 1 aliphatic carbocycles. The first-order valence-corrected chi connectivity index (χ1v) is 5.14. The molecule has 0 amide bonds. The zero-order chi connectivity index (χ0) is 10.8. The van der Waals surface area contributed by atoms with E-state index in [1.165, 1.54) is 23.9 Å². The molecule has 1 atom stereocenters. The van der Waals surface area contributed by atoms with Gasteiger partial charge in [-0.1, -0.05) is 6.08 Å². The normalized spacial score (nSPS) is 22.4. The third-order valence-electron chi connectivity index (χ3n) is 1.99. The maximum Gasteiger partial charge on any atom is 0.396 e. The van der Waals surface area contributed by atoms with Gasteiger partial charge in [-0.15, -0.1) is 11.8 Å². The van der Waals surface area contributed by atoms with Crippen molar-refractivity contribution in [2.24, 2.45) is 5.92 Å².